The van der Waals surface area contributed by atoms with E-state index in [-0.39, 0.29) is 23.2 Å². The lowest BCUT2D eigenvalue weighted by Crippen LogP contribution is -2.02. The van der Waals surface area contributed by atoms with Gasteiger partial charge in [-0.3, -0.25) is 4.98 Å². The van der Waals surface area contributed by atoms with Crippen LogP contribution in [0.2, 0.25) is 0 Å². The molecule has 17 heavy (non-hydrogen) atoms. The summed E-state index contributed by atoms with van der Waals surface area (Å²) >= 11 is 0. The molecule has 0 saturated carbocycles. The van der Waals surface area contributed by atoms with Crippen LogP contribution in [-0.2, 0) is 15.6 Å². The molecule has 0 fully saturated rings. The molecular weight excluding hydrogens is 246 g/mol. The maximum atomic E-state index is 11.0. The molecule has 0 aliphatic rings. The fourth-order valence-corrected chi connectivity index (χ4v) is 1.81. The van der Waals surface area contributed by atoms with Gasteiger partial charge in [0.2, 0.25) is 0 Å². The minimum atomic E-state index is -3.22. The zero-order valence-corrected chi connectivity index (χ0v) is 9.68. The van der Waals surface area contributed by atoms with E-state index < -0.39 is 9.84 Å². The molecule has 2 rings (SSSR count). The van der Waals surface area contributed by atoms with Crippen molar-refractivity contribution in [3.63, 3.8) is 0 Å². The second-order valence-electron chi connectivity index (χ2n) is 3.48. The highest BCUT2D eigenvalue weighted by molar-refractivity contribution is 7.89. The number of rotatable bonds is 3. The summed E-state index contributed by atoms with van der Waals surface area (Å²) in [6, 6.07) is 1.49. The predicted molar refractivity (Wildman–Crippen MR) is 57.7 cm³/mol. The summed E-state index contributed by atoms with van der Waals surface area (Å²) in [7, 11) is -3.22. The molecular formula is C9H9N3O4S. The van der Waals surface area contributed by atoms with Gasteiger partial charge in [-0.2, -0.15) is 4.98 Å². The van der Waals surface area contributed by atoms with E-state index in [1.807, 2.05) is 0 Å². The maximum absolute atomic E-state index is 11.0. The third kappa shape index (κ3) is 2.78. The second-order valence-corrected chi connectivity index (χ2v) is 5.62. The Kier molecular flexibility index (Phi) is 2.80. The average Bonchev–Trinajstić information content (AvgIpc) is 2.64. The molecule has 1 N–H and O–H groups in total. The van der Waals surface area contributed by atoms with E-state index in [9.17, 15) is 13.5 Å². The fraction of sp³-hybridized carbons (Fsp3) is 0.222. The molecule has 2 aromatic heterocycles. The predicted octanol–water partition coefficient (Wildman–Crippen LogP) is 0.382. The van der Waals surface area contributed by atoms with Crippen molar-refractivity contribution < 1.29 is 18.0 Å². The van der Waals surface area contributed by atoms with Crippen molar-refractivity contribution in [2.45, 2.75) is 5.75 Å². The van der Waals surface area contributed by atoms with E-state index in [0.717, 1.165) is 6.26 Å². The Bertz CT molecular complexity index is 635. The van der Waals surface area contributed by atoms with Crippen molar-refractivity contribution in [1.29, 1.82) is 0 Å². The maximum Gasteiger partial charge on any atom is 0.261 e. The molecule has 0 aliphatic carbocycles. The lowest BCUT2D eigenvalue weighted by Gasteiger charge is -1.95. The van der Waals surface area contributed by atoms with Crippen LogP contribution in [0.25, 0.3) is 11.5 Å². The number of hydrogen-bond donors (Lipinski definition) is 1. The van der Waals surface area contributed by atoms with E-state index in [1.54, 1.807) is 0 Å². The molecule has 0 amide bonds. The van der Waals surface area contributed by atoms with Crippen LogP contribution in [0.3, 0.4) is 0 Å². The minimum absolute atomic E-state index is 0.0544. The molecule has 0 unspecified atom stereocenters. The van der Waals surface area contributed by atoms with Crippen molar-refractivity contribution in [3.8, 4) is 17.2 Å². The highest BCUT2D eigenvalue weighted by Gasteiger charge is 2.15. The highest BCUT2D eigenvalue weighted by Crippen LogP contribution is 2.26. The first-order chi connectivity index (χ1) is 7.96. The fourth-order valence-electron chi connectivity index (χ4n) is 1.22. The Morgan fingerprint density at radius 3 is 2.88 bits per heavy atom. The quantitative estimate of drug-likeness (QED) is 0.844. The monoisotopic (exact) mass is 255 g/mol. The largest absolute Gasteiger partial charge is 0.505 e. The molecule has 2 heterocycles. The Morgan fingerprint density at radius 1 is 1.47 bits per heavy atom. The van der Waals surface area contributed by atoms with Gasteiger partial charge in [-0.05, 0) is 6.07 Å². The van der Waals surface area contributed by atoms with Crippen LogP contribution in [0.1, 0.15) is 5.82 Å². The van der Waals surface area contributed by atoms with Gasteiger partial charge in [0.25, 0.3) is 5.89 Å². The Labute approximate surface area is 97.0 Å². The van der Waals surface area contributed by atoms with Crippen LogP contribution in [-0.4, -0.2) is 34.9 Å². The van der Waals surface area contributed by atoms with Crippen molar-refractivity contribution in [2.75, 3.05) is 6.26 Å². The van der Waals surface area contributed by atoms with Gasteiger partial charge in [-0.25, -0.2) is 8.42 Å². The summed E-state index contributed by atoms with van der Waals surface area (Å²) in [4.78, 5) is 7.58. The Hall–Kier alpha value is -1.96. The lowest BCUT2D eigenvalue weighted by molar-refractivity contribution is 0.418. The summed E-state index contributed by atoms with van der Waals surface area (Å²) in [6.45, 7) is 0. The van der Waals surface area contributed by atoms with Gasteiger partial charge >= 0.3 is 0 Å². The van der Waals surface area contributed by atoms with Gasteiger partial charge in [0, 0.05) is 12.5 Å². The zero-order valence-electron chi connectivity index (χ0n) is 8.86. The van der Waals surface area contributed by atoms with Crippen LogP contribution < -0.4 is 0 Å². The van der Waals surface area contributed by atoms with E-state index in [2.05, 4.69) is 15.1 Å². The minimum Gasteiger partial charge on any atom is -0.505 e. The highest BCUT2D eigenvalue weighted by atomic mass is 32.2. The summed E-state index contributed by atoms with van der Waals surface area (Å²) in [5, 5.41) is 13.0. The normalized spacial score (nSPS) is 11.6. The molecule has 0 spiro atoms. The van der Waals surface area contributed by atoms with E-state index in [1.165, 1.54) is 18.5 Å². The van der Waals surface area contributed by atoms with Gasteiger partial charge in [0.1, 0.15) is 11.5 Å². The molecule has 0 atom stereocenters. The van der Waals surface area contributed by atoms with Crippen LogP contribution >= 0.6 is 0 Å². The lowest BCUT2D eigenvalue weighted by atomic mass is 10.2. The first-order valence-corrected chi connectivity index (χ1v) is 6.65. The van der Waals surface area contributed by atoms with E-state index in [4.69, 9.17) is 4.52 Å². The smallest absolute Gasteiger partial charge is 0.261 e. The summed E-state index contributed by atoms with van der Waals surface area (Å²) in [5.74, 6) is -0.299. The molecule has 0 aromatic carbocycles. The third-order valence-electron chi connectivity index (χ3n) is 1.89. The molecule has 90 valence electrons. The van der Waals surface area contributed by atoms with Gasteiger partial charge in [-0.1, -0.05) is 5.16 Å². The SMILES string of the molecule is CS(=O)(=O)Cc1noc(-c2ccncc2O)n1. The first kappa shape index (κ1) is 11.5. The zero-order chi connectivity index (χ0) is 12.5. The van der Waals surface area contributed by atoms with Crippen LogP contribution in [0, 0.1) is 0 Å². The van der Waals surface area contributed by atoms with Gasteiger partial charge in [-0.15, -0.1) is 0 Å². The van der Waals surface area contributed by atoms with E-state index in [0.29, 0.717) is 5.56 Å². The van der Waals surface area contributed by atoms with E-state index >= 15 is 0 Å². The van der Waals surface area contributed by atoms with Crippen LogP contribution in [0.4, 0.5) is 0 Å². The number of aromatic nitrogens is 3. The molecule has 0 aliphatic heterocycles. The van der Waals surface area contributed by atoms with Crippen molar-refractivity contribution in [3.05, 3.63) is 24.3 Å². The molecule has 8 heteroatoms. The van der Waals surface area contributed by atoms with Crippen molar-refractivity contribution >= 4 is 9.84 Å². The van der Waals surface area contributed by atoms with Gasteiger partial charge in [0.05, 0.1) is 11.8 Å². The summed E-state index contributed by atoms with van der Waals surface area (Å²) in [5.41, 5.74) is 0.312. The molecule has 0 saturated heterocycles. The van der Waals surface area contributed by atoms with Crippen molar-refractivity contribution in [2.24, 2.45) is 0 Å². The summed E-state index contributed by atoms with van der Waals surface area (Å²) < 4.78 is 26.9. The number of sulfone groups is 1. The van der Waals surface area contributed by atoms with Gasteiger partial charge in [0.15, 0.2) is 15.7 Å². The van der Waals surface area contributed by atoms with Gasteiger partial charge < -0.3 is 9.63 Å². The second kappa shape index (κ2) is 4.13. The van der Waals surface area contributed by atoms with Crippen LogP contribution in [0.15, 0.2) is 23.0 Å². The summed E-state index contributed by atoms with van der Waals surface area (Å²) in [6.07, 6.45) is 3.76. The third-order valence-corrected chi connectivity index (χ3v) is 2.67. The Balaban J connectivity index is 2.34. The molecule has 2 aromatic rings. The number of aromatic hydroxyl groups is 1. The first-order valence-electron chi connectivity index (χ1n) is 4.59. The number of nitrogens with zero attached hydrogens (tertiary/aromatic N) is 3. The van der Waals surface area contributed by atoms with Crippen LogP contribution in [0.5, 0.6) is 5.75 Å². The molecule has 7 nitrogen and oxygen atoms in total. The number of pyridine rings is 1. The average molecular weight is 255 g/mol. The molecule has 0 radical (unpaired) electrons. The number of hydrogen-bond acceptors (Lipinski definition) is 7. The Morgan fingerprint density at radius 2 is 2.24 bits per heavy atom. The topological polar surface area (TPSA) is 106 Å². The molecule has 0 bridgehead atoms. The van der Waals surface area contributed by atoms with Crippen molar-refractivity contribution in [1.82, 2.24) is 15.1 Å². The standard InChI is InChI=1S/C9H9N3O4S/c1-17(14,15)5-8-11-9(16-12-8)6-2-3-10-4-7(6)13/h2-4,13H,5H2,1H3.